The molecule has 1 aromatic carbocycles. The second kappa shape index (κ2) is 4.18. The number of nitrogens with two attached hydrogens (primary N) is 1. The summed E-state index contributed by atoms with van der Waals surface area (Å²) in [6, 6.07) is 7.61. The van der Waals surface area contributed by atoms with Crippen LogP contribution in [0.1, 0.15) is 25.5 Å². The number of rotatable bonds is 3. The summed E-state index contributed by atoms with van der Waals surface area (Å²) in [5, 5.41) is 10.5. The average molecular weight is 218 g/mol. The third-order valence-electron chi connectivity index (χ3n) is 3.09. The first-order valence-corrected chi connectivity index (χ1v) is 5.69. The third kappa shape index (κ3) is 1.67. The Kier molecular flexibility index (Phi) is 2.88. The molecule has 0 bridgehead atoms. The Morgan fingerprint density at radius 2 is 2.12 bits per heavy atom. The number of nitrogens with zero attached hydrogens (tertiary/aromatic N) is 1. The molecule has 3 N–H and O–H groups in total. The fourth-order valence-corrected chi connectivity index (χ4v) is 2.16. The van der Waals surface area contributed by atoms with Crippen molar-refractivity contribution in [2.45, 2.75) is 26.3 Å². The van der Waals surface area contributed by atoms with Gasteiger partial charge in [-0.25, -0.2) is 0 Å². The Morgan fingerprint density at radius 1 is 1.38 bits per heavy atom. The molecule has 0 aliphatic carbocycles. The van der Waals surface area contributed by atoms with Crippen LogP contribution in [0, 0.1) is 0 Å². The fourth-order valence-electron chi connectivity index (χ4n) is 2.16. The highest BCUT2D eigenvalue weighted by Gasteiger charge is 2.12. The quantitative estimate of drug-likeness (QED) is 0.831. The van der Waals surface area contributed by atoms with Crippen LogP contribution in [0.25, 0.3) is 10.9 Å². The largest absolute Gasteiger partial charge is 0.508 e. The van der Waals surface area contributed by atoms with E-state index in [0.29, 0.717) is 18.2 Å². The maximum absolute atomic E-state index is 9.46. The number of aromatic nitrogens is 1. The molecule has 0 aliphatic heterocycles. The van der Waals surface area contributed by atoms with Gasteiger partial charge in [0.05, 0.1) is 0 Å². The molecule has 86 valence electrons. The van der Waals surface area contributed by atoms with Gasteiger partial charge in [0.2, 0.25) is 0 Å². The first kappa shape index (κ1) is 11.0. The first-order chi connectivity index (χ1) is 7.67. The topological polar surface area (TPSA) is 51.2 Å². The fraction of sp³-hybridized carbons (Fsp3) is 0.385. The summed E-state index contributed by atoms with van der Waals surface area (Å²) in [5.41, 5.74) is 8.12. The van der Waals surface area contributed by atoms with Gasteiger partial charge in [0, 0.05) is 35.6 Å². The summed E-state index contributed by atoms with van der Waals surface area (Å²) in [4.78, 5) is 0. The maximum atomic E-state index is 9.46. The molecule has 1 heterocycles. The number of aromatic hydroxyl groups is 1. The summed E-state index contributed by atoms with van der Waals surface area (Å²) in [7, 11) is 0. The number of aryl methyl sites for hydroxylation is 1. The highest BCUT2D eigenvalue weighted by molar-refractivity contribution is 5.83. The second-order valence-electron chi connectivity index (χ2n) is 4.19. The van der Waals surface area contributed by atoms with E-state index in [9.17, 15) is 5.11 Å². The van der Waals surface area contributed by atoms with Gasteiger partial charge >= 0.3 is 0 Å². The van der Waals surface area contributed by atoms with Crippen LogP contribution in [0.5, 0.6) is 5.75 Å². The number of fused-ring (bicyclic) bond motifs is 1. The van der Waals surface area contributed by atoms with Crippen LogP contribution in [0.15, 0.2) is 24.3 Å². The van der Waals surface area contributed by atoms with Gasteiger partial charge in [0.15, 0.2) is 0 Å². The monoisotopic (exact) mass is 218 g/mol. The molecule has 0 radical (unpaired) electrons. The molecular weight excluding hydrogens is 200 g/mol. The molecule has 2 rings (SSSR count). The zero-order chi connectivity index (χ0) is 11.7. The lowest BCUT2D eigenvalue weighted by Gasteiger charge is -2.12. The van der Waals surface area contributed by atoms with Gasteiger partial charge in [0.25, 0.3) is 0 Å². The summed E-state index contributed by atoms with van der Waals surface area (Å²) in [5.74, 6) is 0.655. The molecule has 0 saturated heterocycles. The van der Waals surface area contributed by atoms with Crippen LogP contribution in [-0.4, -0.2) is 16.2 Å². The highest BCUT2D eigenvalue weighted by Crippen LogP contribution is 2.27. The normalized spacial score (nSPS) is 13.2. The minimum Gasteiger partial charge on any atom is -0.508 e. The summed E-state index contributed by atoms with van der Waals surface area (Å²) < 4.78 is 2.26. The Hall–Kier alpha value is -1.48. The molecule has 1 atom stereocenters. The SMILES string of the molecule is CCn1c(C(C)CN)cc2cc(O)ccc21. The van der Waals surface area contributed by atoms with E-state index in [-0.39, 0.29) is 0 Å². The van der Waals surface area contributed by atoms with Crippen molar-refractivity contribution in [3.8, 4) is 5.75 Å². The van der Waals surface area contributed by atoms with Crippen molar-refractivity contribution in [3.63, 3.8) is 0 Å². The van der Waals surface area contributed by atoms with Crippen molar-refractivity contribution < 1.29 is 5.11 Å². The Morgan fingerprint density at radius 3 is 2.75 bits per heavy atom. The Bertz CT molecular complexity index is 502. The molecule has 1 aromatic heterocycles. The number of hydrogen-bond acceptors (Lipinski definition) is 2. The van der Waals surface area contributed by atoms with Crippen LogP contribution >= 0.6 is 0 Å². The van der Waals surface area contributed by atoms with E-state index in [1.165, 1.54) is 5.69 Å². The van der Waals surface area contributed by atoms with Crippen LogP contribution < -0.4 is 5.73 Å². The smallest absolute Gasteiger partial charge is 0.116 e. The van der Waals surface area contributed by atoms with Crippen molar-refractivity contribution in [1.82, 2.24) is 4.57 Å². The zero-order valence-electron chi connectivity index (χ0n) is 9.77. The molecule has 1 unspecified atom stereocenters. The maximum Gasteiger partial charge on any atom is 0.116 e. The number of phenolic OH excluding ortho intramolecular Hbond substituents is 1. The minimum atomic E-state index is 0.313. The van der Waals surface area contributed by atoms with Gasteiger partial charge < -0.3 is 15.4 Å². The minimum absolute atomic E-state index is 0.313. The lowest BCUT2D eigenvalue weighted by molar-refractivity contribution is 0.476. The van der Waals surface area contributed by atoms with Crippen molar-refractivity contribution in [3.05, 3.63) is 30.0 Å². The van der Waals surface area contributed by atoms with Gasteiger partial charge in [-0.3, -0.25) is 0 Å². The van der Waals surface area contributed by atoms with Crippen molar-refractivity contribution in [1.29, 1.82) is 0 Å². The van der Waals surface area contributed by atoms with Gasteiger partial charge in [-0.05, 0) is 31.2 Å². The number of phenols is 1. The predicted octanol–water partition coefficient (Wildman–Crippen LogP) is 2.43. The van der Waals surface area contributed by atoms with E-state index in [4.69, 9.17) is 5.73 Å². The summed E-state index contributed by atoms with van der Waals surface area (Å²) in [6.45, 7) is 5.81. The lowest BCUT2D eigenvalue weighted by atomic mass is 10.1. The van der Waals surface area contributed by atoms with Gasteiger partial charge in [-0.15, -0.1) is 0 Å². The van der Waals surface area contributed by atoms with Crippen LogP contribution in [0.3, 0.4) is 0 Å². The van der Waals surface area contributed by atoms with E-state index in [0.717, 1.165) is 17.4 Å². The molecule has 0 saturated carbocycles. The molecule has 2 aromatic rings. The van der Waals surface area contributed by atoms with Gasteiger partial charge in [-0.1, -0.05) is 6.92 Å². The predicted molar refractivity (Wildman–Crippen MR) is 66.7 cm³/mol. The van der Waals surface area contributed by atoms with E-state index in [1.54, 1.807) is 12.1 Å². The van der Waals surface area contributed by atoms with Crippen LogP contribution in [0.4, 0.5) is 0 Å². The average Bonchev–Trinajstić information content (AvgIpc) is 2.65. The Labute approximate surface area is 95.5 Å². The van der Waals surface area contributed by atoms with E-state index < -0.39 is 0 Å². The van der Waals surface area contributed by atoms with Crippen LogP contribution in [0.2, 0.25) is 0 Å². The van der Waals surface area contributed by atoms with Crippen molar-refractivity contribution in [2.75, 3.05) is 6.54 Å². The summed E-state index contributed by atoms with van der Waals surface area (Å²) >= 11 is 0. The standard InChI is InChI=1S/C13H18N2O/c1-3-15-12-5-4-11(16)6-10(12)7-13(15)9(2)8-14/h4-7,9,16H,3,8,14H2,1-2H3. The zero-order valence-corrected chi connectivity index (χ0v) is 9.77. The second-order valence-corrected chi connectivity index (χ2v) is 4.19. The number of hydrogen-bond donors (Lipinski definition) is 2. The molecule has 0 amide bonds. The van der Waals surface area contributed by atoms with E-state index in [2.05, 4.69) is 24.5 Å². The van der Waals surface area contributed by atoms with Gasteiger partial charge in [-0.2, -0.15) is 0 Å². The molecule has 3 nitrogen and oxygen atoms in total. The molecule has 0 aliphatic rings. The molecule has 0 spiro atoms. The van der Waals surface area contributed by atoms with Crippen molar-refractivity contribution >= 4 is 10.9 Å². The molecule has 0 fully saturated rings. The van der Waals surface area contributed by atoms with E-state index in [1.807, 2.05) is 6.07 Å². The first-order valence-electron chi connectivity index (χ1n) is 5.69. The molecular formula is C13H18N2O. The number of benzene rings is 1. The lowest BCUT2D eigenvalue weighted by Crippen LogP contribution is -2.13. The summed E-state index contributed by atoms with van der Waals surface area (Å²) in [6.07, 6.45) is 0. The Balaban J connectivity index is 2.65. The molecule has 16 heavy (non-hydrogen) atoms. The third-order valence-corrected chi connectivity index (χ3v) is 3.09. The van der Waals surface area contributed by atoms with Crippen LogP contribution in [-0.2, 0) is 6.54 Å². The van der Waals surface area contributed by atoms with Crippen molar-refractivity contribution in [2.24, 2.45) is 5.73 Å². The van der Waals surface area contributed by atoms with E-state index >= 15 is 0 Å². The molecule has 3 heteroatoms. The van der Waals surface area contributed by atoms with Gasteiger partial charge in [0.1, 0.15) is 5.75 Å². The highest BCUT2D eigenvalue weighted by atomic mass is 16.3.